The average molecular weight is 608 g/mol. The molecule has 1 aliphatic rings. The van der Waals surface area contributed by atoms with Crippen molar-refractivity contribution in [2.75, 3.05) is 31.8 Å². The van der Waals surface area contributed by atoms with Gasteiger partial charge in [0.05, 0.1) is 19.3 Å². The molecule has 3 heterocycles. The first-order chi connectivity index (χ1) is 20.7. The summed E-state index contributed by atoms with van der Waals surface area (Å²) in [6.07, 6.45) is 3.93. The zero-order valence-corrected chi connectivity index (χ0v) is 24.6. The number of likely N-dealkylation sites (tertiary alicyclic amines) is 1. The lowest BCUT2D eigenvalue weighted by molar-refractivity contribution is -0.125. The SMILES string of the molecule is COc1cccc(Nc2ncnn3ccc(CN4CC[C@@H](NC(=O)OCc5ccccc5)[C@@H](C(=O)NS(C)(=O)=O)C4)c23)c1. The van der Waals surface area contributed by atoms with Crippen molar-refractivity contribution in [1.29, 1.82) is 0 Å². The molecular weight excluding hydrogens is 574 g/mol. The third kappa shape index (κ3) is 7.78. The highest BCUT2D eigenvalue weighted by atomic mass is 32.2. The van der Waals surface area contributed by atoms with Crippen LogP contribution < -0.4 is 20.1 Å². The Kier molecular flexibility index (Phi) is 9.07. The minimum Gasteiger partial charge on any atom is -0.497 e. The van der Waals surface area contributed by atoms with Gasteiger partial charge in [0.25, 0.3) is 0 Å². The van der Waals surface area contributed by atoms with Gasteiger partial charge in [-0.1, -0.05) is 36.4 Å². The van der Waals surface area contributed by atoms with Gasteiger partial charge in [-0.2, -0.15) is 5.10 Å². The molecule has 0 unspecified atom stereocenters. The summed E-state index contributed by atoms with van der Waals surface area (Å²) in [6.45, 7) is 1.25. The van der Waals surface area contributed by atoms with Crippen molar-refractivity contribution >= 4 is 39.0 Å². The monoisotopic (exact) mass is 607 g/mol. The van der Waals surface area contributed by atoms with Crippen molar-refractivity contribution < 1.29 is 27.5 Å². The fourth-order valence-electron chi connectivity index (χ4n) is 5.09. The number of rotatable bonds is 10. The molecule has 226 valence electrons. The lowest BCUT2D eigenvalue weighted by Gasteiger charge is -2.37. The highest BCUT2D eigenvalue weighted by Gasteiger charge is 2.37. The van der Waals surface area contributed by atoms with Gasteiger partial charge in [0.15, 0.2) is 5.82 Å². The van der Waals surface area contributed by atoms with E-state index in [1.165, 1.54) is 6.33 Å². The number of nitrogens with zero attached hydrogens (tertiary/aromatic N) is 4. The number of sulfonamides is 1. The van der Waals surface area contributed by atoms with Crippen LogP contribution in [0.4, 0.5) is 16.3 Å². The maximum absolute atomic E-state index is 13.1. The molecule has 0 radical (unpaired) electrons. The molecule has 2 atom stereocenters. The Hall–Kier alpha value is -4.69. The lowest BCUT2D eigenvalue weighted by atomic mass is 9.91. The number of benzene rings is 2. The molecule has 5 rings (SSSR count). The highest BCUT2D eigenvalue weighted by Crippen LogP contribution is 2.27. The van der Waals surface area contributed by atoms with E-state index in [9.17, 15) is 18.0 Å². The van der Waals surface area contributed by atoms with E-state index in [0.29, 0.717) is 31.1 Å². The summed E-state index contributed by atoms with van der Waals surface area (Å²) in [7, 11) is -2.21. The van der Waals surface area contributed by atoms with Crippen molar-refractivity contribution in [3.8, 4) is 5.75 Å². The Morgan fingerprint density at radius 1 is 1.09 bits per heavy atom. The maximum atomic E-state index is 13.1. The standard InChI is InChI=1S/C29H33N7O6S/c1-41-23-10-6-9-22(15-23)32-27-26-21(11-14-36(26)31-19-30-27)16-35-13-12-25(24(17-35)28(37)34-43(2,39)40)33-29(38)42-18-20-7-4-3-5-8-20/h3-11,14-15,19,24-25H,12-13,16-18H2,1-2H3,(H,33,38)(H,34,37)(H,30,31,32)/t24-,25+/m0/s1. The van der Waals surface area contributed by atoms with Crippen LogP contribution >= 0.6 is 0 Å². The first-order valence-corrected chi connectivity index (χ1v) is 15.5. The molecule has 43 heavy (non-hydrogen) atoms. The van der Waals surface area contributed by atoms with E-state index < -0.39 is 34.0 Å². The molecule has 0 spiro atoms. The fraction of sp³-hybridized carbons (Fsp3) is 0.310. The number of amides is 2. The minimum atomic E-state index is -3.81. The number of methoxy groups -OCH3 is 1. The third-order valence-electron chi connectivity index (χ3n) is 7.10. The normalized spacial score (nSPS) is 17.3. The minimum absolute atomic E-state index is 0.0711. The van der Waals surface area contributed by atoms with E-state index in [1.807, 2.05) is 71.8 Å². The summed E-state index contributed by atoms with van der Waals surface area (Å²) in [6, 6.07) is 18.0. The average Bonchev–Trinajstić information content (AvgIpc) is 3.40. The Labute approximate surface area is 249 Å². The molecular formula is C29H33N7O6S. The van der Waals surface area contributed by atoms with Gasteiger partial charge in [0.1, 0.15) is 24.2 Å². The van der Waals surface area contributed by atoms with E-state index in [1.54, 1.807) is 11.6 Å². The molecule has 1 aliphatic heterocycles. The van der Waals surface area contributed by atoms with Crippen molar-refractivity contribution in [2.45, 2.75) is 25.6 Å². The summed E-state index contributed by atoms with van der Waals surface area (Å²) in [5.41, 5.74) is 3.27. The quantitative estimate of drug-likeness (QED) is 0.245. The van der Waals surface area contributed by atoms with Gasteiger partial charge >= 0.3 is 6.09 Å². The van der Waals surface area contributed by atoms with Crippen LogP contribution in [0.3, 0.4) is 0 Å². The summed E-state index contributed by atoms with van der Waals surface area (Å²) in [5.74, 6) is -0.241. The van der Waals surface area contributed by atoms with Gasteiger partial charge in [-0.3, -0.25) is 14.4 Å². The van der Waals surface area contributed by atoms with Gasteiger partial charge < -0.3 is 20.1 Å². The molecule has 0 aliphatic carbocycles. The van der Waals surface area contributed by atoms with Gasteiger partial charge in [0.2, 0.25) is 15.9 Å². The maximum Gasteiger partial charge on any atom is 0.407 e. The summed E-state index contributed by atoms with van der Waals surface area (Å²) < 4.78 is 38.3. The molecule has 2 aromatic carbocycles. The first-order valence-electron chi connectivity index (χ1n) is 13.6. The van der Waals surface area contributed by atoms with Crippen LogP contribution in [0.5, 0.6) is 5.75 Å². The molecule has 1 saturated heterocycles. The second-order valence-corrected chi connectivity index (χ2v) is 12.0. The van der Waals surface area contributed by atoms with Crippen molar-refractivity contribution in [2.24, 2.45) is 5.92 Å². The predicted octanol–water partition coefficient (Wildman–Crippen LogP) is 2.67. The Bertz CT molecular complexity index is 1700. The molecule has 14 heteroatoms. The van der Waals surface area contributed by atoms with Gasteiger partial charge in [-0.05, 0) is 35.7 Å². The van der Waals surface area contributed by atoms with E-state index in [2.05, 4.69) is 25.4 Å². The van der Waals surface area contributed by atoms with Crippen LogP contribution in [0.2, 0.25) is 0 Å². The van der Waals surface area contributed by atoms with E-state index >= 15 is 0 Å². The fourth-order valence-corrected chi connectivity index (χ4v) is 5.61. The Morgan fingerprint density at radius 3 is 2.67 bits per heavy atom. The van der Waals surface area contributed by atoms with E-state index in [-0.39, 0.29) is 13.2 Å². The number of alkyl carbamates (subject to hydrolysis) is 1. The summed E-state index contributed by atoms with van der Waals surface area (Å²) >= 11 is 0. The van der Waals surface area contributed by atoms with Gasteiger partial charge in [0, 0.05) is 43.6 Å². The first kappa shape index (κ1) is 29.8. The second kappa shape index (κ2) is 13.1. The Morgan fingerprint density at radius 2 is 1.91 bits per heavy atom. The van der Waals surface area contributed by atoms with E-state index in [4.69, 9.17) is 9.47 Å². The van der Waals surface area contributed by atoms with Crippen molar-refractivity contribution in [1.82, 2.24) is 29.5 Å². The number of anilines is 2. The topological polar surface area (TPSA) is 156 Å². The molecule has 13 nitrogen and oxygen atoms in total. The molecule has 2 amide bonds. The number of hydrogen-bond acceptors (Lipinski definition) is 10. The number of nitrogens with one attached hydrogen (secondary N) is 3. The smallest absolute Gasteiger partial charge is 0.407 e. The van der Waals surface area contributed by atoms with Crippen LogP contribution in [0.15, 0.2) is 73.2 Å². The van der Waals surface area contributed by atoms with Gasteiger partial charge in [-0.25, -0.2) is 22.7 Å². The molecule has 0 saturated carbocycles. The lowest BCUT2D eigenvalue weighted by Crippen LogP contribution is -2.56. The number of piperidine rings is 1. The number of fused-ring (bicyclic) bond motifs is 1. The molecule has 1 fully saturated rings. The predicted molar refractivity (Wildman–Crippen MR) is 159 cm³/mol. The van der Waals surface area contributed by atoms with Crippen LogP contribution in [-0.2, 0) is 32.7 Å². The van der Waals surface area contributed by atoms with Crippen molar-refractivity contribution in [3.63, 3.8) is 0 Å². The largest absolute Gasteiger partial charge is 0.497 e. The van der Waals surface area contributed by atoms with Gasteiger partial charge in [-0.15, -0.1) is 0 Å². The number of hydrogen-bond donors (Lipinski definition) is 3. The number of ether oxygens (including phenoxy) is 2. The highest BCUT2D eigenvalue weighted by molar-refractivity contribution is 7.89. The second-order valence-electron chi connectivity index (χ2n) is 10.3. The van der Waals surface area contributed by atoms with Crippen molar-refractivity contribution in [3.05, 3.63) is 84.3 Å². The van der Waals surface area contributed by atoms with Crippen LogP contribution in [0.25, 0.3) is 5.52 Å². The molecule has 3 N–H and O–H groups in total. The zero-order valence-electron chi connectivity index (χ0n) is 23.8. The Balaban J connectivity index is 1.31. The third-order valence-corrected chi connectivity index (χ3v) is 7.67. The van der Waals surface area contributed by atoms with E-state index in [0.717, 1.165) is 28.6 Å². The molecule has 4 aromatic rings. The zero-order chi connectivity index (χ0) is 30.4. The van der Waals surface area contributed by atoms with Crippen LogP contribution in [0.1, 0.15) is 17.5 Å². The molecule has 0 bridgehead atoms. The van der Waals surface area contributed by atoms with Crippen LogP contribution in [-0.4, -0.2) is 72.4 Å². The number of carbonyl (C=O) groups is 2. The number of carbonyl (C=O) groups excluding carboxylic acids is 2. The van der Waals surface area contributed by atoms with Crippen LogP contribution in [0, 0.1) is 5.92 Å². The summed E-state index contributed by atoms with van der Waals surface area (Å²) in [5, 5.41) is 10.4. The molecule has 2 aromatic heterocycles. The summed E-state index contributed by atoms with van der Waals surface area (Å²) in [4.78, 5) is 32.2. The number of aromatic nitrogens is 3.